The third-order valence-corrected chi connectivity index (χ3v) is 4.15. The van der Waals surface area contributed by atoms with Crippen molar-refractivity contribution in [3.8, 4) is 0 Å². The van der Waals surface area contributed by atoms with Gasteiger partial charge in [-0.15, -0.1) is 0 Å². The topological polar surface area (TPSA) is 26.3 Å². The second-order valence-electron chi connectivity index (χ2n) is 4.83. The largest absolute Gasteiger partial charge is 0.466 e. The van der Waals surface area contributed by atoms with Gasteiger partial charge in [0.15, 0.2) is 0 Å². The third kappa shape index (κ3) is 4.43. The van der Waals surface area contributed by atoms with Crippen molar-refractivity contribution in [3.63, 3.8) is 0 Å². The maximum absolute atomic E-state index is 11.7. The molecule has 0 N–H and O–H groups in total. The maximum atomic E-state index is 11.7. The van der Waals surface area contributed by atoms with E-state index in [9.17, 15) is 4.79 Å². The first-order valence-corrected chi connectivity index (χ1v) is 7.96. The van der Waals surface area contributed by atoms with Crippen LogP contribution in [0, 0.1) is 0 Å². The highest BCUT2D eigenvalue weighted by molar-refractivity contribution is 9.10. The summed E-state index contributed by atoms with van der Waals surface area (Å²) in [6, 6.07) is 18.5. The minimum absolute atomic E-state index is 0.134. The zero-order valence-electron chi connectivity index (χ0n) is 12.1. The van der Waals surface area contributed by atoms with Crippen molar-refractivity contribution in [2.24, 2.45) is 0 Å². The van der Waals surface area contributed by atoms with Gasteiger partial charge in [0.2, 0.25) is 0 Å². The molecule has 110 valence electrons. The van der Waals surface area contributed by atoms with Crippen LogP contribution >= 0.6 is 15.9 Å². The summed E-state index contributed by atoms with van der Waals surface area (Å²) in [6.45, 7) is 2.27. The van der Waals surface area contributed by atoms with E-state index in [1.807, 2.05) is 43.3 Å². The Morgan fingerprint density at radius 2 is 1.76 bits per heavy atom. The molecule has 0 saturated carbocycles. The van der Waals surface area contributed by atoms with Gasteiger partial charge in [-0.1, -0.05) is 64.5 Å². The van der Waals surface area contributed by atoms with E-state index in [0.29, 0.717) is 13.0 Å². The van der Waals surface area contributed by atoms with Gasteiger partial charge in [-0.2, -0.15) is 0 Å². The lowest BCUT2D eigenvalue weighted by Gasteiger charge is -2.19. The monoisotopic (exact) mass is 346 g/mol. The smallest absolute Gasteiger partial charge is 0.305 e. The van der Waals surface area contributed by atoms with Crippen molar-refractivity contribution < 1.29 is 9.53 Å². The van der Waals surface area contributed by atoms with Crippen molar-refractivity contribution in [1.29, 1.82) is 0 Å². The summed E-state index contributed by atoms with van der Waals surface area (Å²) in [6.07, 6.45) is 1.17. The number of carbonyl (C=O) groups is 1. The van der Waals surface area contributed by atoms with Gasteiger partial charge in [0, 0.05) is 16.8 Å². The molecule has 3 heteroatoms. The Morgan fingerprint density at radius 1 is 1.10 bits per heavy atom. The predicted octanol–water partition coefficient (Wildman–Crippen LogP) is 4.92. The van der Waals surface area contributed by atoms with Gasteiger partial charge in [0.1, 0.15) is 0 Å². The van der Waals surface area contributed by atoms with Crippen LogP contribution in [0.1, 0.15) is 36.8 Å². The number of halogens is 1. The van der Waals surface area contributed by atoms with Crippen LogP contribution in [-0.2, 0) is 9.53 Å². The van der Waals surface area contributed by atoms with Crippen LogP contribution in [0.5, 0.6) is 0 Å². The highest BCUT2D eigenvalue weighted by Gasteiger charge is 2.18. The summed E-state index contributed by atoms with van der Waals surface area (Å²) in [7, 11) is 0. The van der Waals surface area contributed by atoms with Crippen molar-refractivity contribution in [1.82, 2.24) is 0 Å². The van der Waals surface area contributed by atoms with Crippen LogP contribution in [0.25, 0.3) is 0 Å². The molecule has 2 nitrogen and oxygen atoms in total. The zero-order valence-corrected chi connectivity index (χ0v) is 13.7. The van der Waals surface area contributed by atoms with Gasteiger partial charge in [0.25, 0.3) is 0 Å². The molecule has 0 aromatic heterocycles. The lowest BCUT2D eigenvalue weighted by molar-refractivity contribution is -0.143. The highest BCUT2D eigenvalue weighted by atomic mass is 79.9. The van der Waals surface area contributed by atoms with E-state index in [0.717, 1.165) is 10.9 Å². The third-order valence-electron chi connectivity index (χ3n) is 3.43. The van der Waals surface area contributed by atoms with E-state index in [1.165, 1.54) is 11.1 Å². The van der Waals surface area contributed by atoms with Crippen molar-refractivity contribution in [2.45, 2.75) is 25.7 Å². The summed E-state index contributed by atoms with van der Waals surface area (Å²) < 4.78 is 6.12. The van der Waals surface area contributed by atoms with Crippen molar-refractivity contribution >= 4 is 21.9 Å². The molecule has 0 radical (unpaired) electrons. The number of carbonyl (C=O) groups excluding carboxylic acids is 1. The average molecular weight is 347 g/mol. The fourth-order valence-corrected chi connectivity index (χ4v) is 3.00. The molecule has 21 heavy (non-hydrogen) atoms. The number of hydrogen-bond donors (Lipinski definition) is 0. The van der Waals surface area contributed by atoms with E-state index >= 15 is 0 Å². The molecular formula is C18H19BrO2. The van der Waals surface area contributed by atoms with E-state index in [-0.39, 0.29) is 11.9 Å². The Kier molecular flexibility index (Phi) is 6.00. The molecule has 0 fully saturated rings. The molecule has 0 saturated heterocycles. The first-order valence-electron chi connectivity index (χ1n) is 7.17. The predicted molar refractivity (Wildman–Crippen MR) is 88.3 cm³/mol. The van der Waals surface area contributed by atoms with Gasteiger partial charge >= 0.3 is 5.97 Å². The van der Waals surface area contributed by atoms with E-state index < -0.39 is 0 Å². The van der Waals surface area contributed by atoms with Gasteiger partial charge in [-0.25, -0.2) is 0 Å². The molecule has 0 aliphatic rings. The molecule has 2 aromatic carbocycles. The Labute approximate surface area is 134 Å². The van der Waals surface area contributed by atoms with E-state index in [4.69, 9.17) is 4.74 Å². The number of hydrogen-bond acceptors (Lipinski definition) is 2. The summed E-state index contributed by atoms with van der Waals surface area (Å²) >= 11 is 3.62. The Bertz CT molecular complexity index is 581. The summed E-state index contributed by atoms with van der Waals surface area (Å²) in [5.74, 6) is 0.0525. The Balaban J connectivity index is 2.23. The quantitative estimate of drug-likeness (QED) is 0.693. The minimum atomic E-state index is -0.134. The standard InChI is InChI=1S/C18H19BrO2/c1-2-21-18(20)13-12-15(14-8-4-3-5-9-14)16-10-6-7-11-17(16)19/h3-11,15H,2,12-13H2,1H3/t15-/m0/s1. The second-order valence-corrected chi connectivity index (χ2v) is 5.68. The van der Waals surface area contributed by atoms with Crippen LogP contribution in [0.3, 0.4) is 0 Å². The normalized spacial score (nSPS) is 11.9. The molecule has 2 aromatic rings. The molecule has 0 bridgehead atoms. The fourth-order valence-electron chi connectivity index (χ4n) is 2.44. The number of rotatable bonds is 6. The van der Waals surface area contributed by atoms with Gasteiger partial charge in [-0.05, 0) is 30.5 Å². The maximum Gasteiger partial charge on any atom is 0.305 e. The van der Waals surface area contributed by atoms with Crippen LogP contribution in [0.15, 0.2) is 59.1 Å². The van der Waals surface area contributed by atoms with Gasteiger partial charge in [0.05, 0.1) is 6.61 Å². The highest BCUT2D eigenvalue weighted by Crippen LogP contribution is 2.33. The summed E-state index contributed by atoms with van der Waals surface area (Å²) in [5.41, 5.74) is 2.42. The van der Waals surface area contributed by atoms with E-state index in [2.05, 4.69) is 34.1 Å². The summed E-state index contributed by atoms with van der Waals surface area (Å²) in [4.78, 5) is 11.7. The van der Waals surface area contributed by atoms with Crippen molar-refractivity contribution in [2.75, 3.05) is 6.61 Å². The molecule has 1 atom stereocenters. The van der Waals surface area contributed by atoms with Gasteiger partial charge in [-0.3, -0.25) is 4.79 Å². The molecule has 0 amide bonds. The zero-order chi connectivity index (χ0) is 15.1. The summed E-state index contributed by atoms with van der Waals surface area (Å²) in [5, 5.41) is 0. The number of benzene rings is 2. The fraction of sp³-hybridized carbons (Fsp3) is 0.278. The molecule has 0 aliphatic carbocycles. The SMILES string of the molecule is CCOC(=O)CC[C@@H](c1ccccc1)c1ccccc1Br. The molecular weight excluding hydrogens is 328 g/mol. The Morgan fingerprint density at radius 3 is 2.43 bits per heavy atom. The molecule has 0 heterocycles. The van der Waals surface area contributed by atoms with Crippen LogP contribution < -0.4 is 0 Å². The minimum Gasteiger partial charge on any atom is -0.466 e. The number of ether oxygens (including phenoxy) is 1. The lowest BCUT2D eigenvalue weighted by atomic mass is 9.87. The second kappa shape index (κ2) is 7.99. The van der Waals surface area contributed by atoms with Crippen LogP contribution in [-0.4, -0.2) is 12.6 Å². The molecule has 2 rings (SSSR count). The van der Waals surface area contributed by atoms with Crippen LogP contribution in [0.4, 0.5) is 0 Å². The van der Waals surface area contributed by atoms with E-state index in [1.54, 1.807) is 0 Å². The first kappa shape index (κ1) is 15.8. The molecule has 0 unspecified atom stereocenters. The molecule has 0 aliphatic heterocycles. The Hall–Kier alpha value is -1.61. The lowest BCUT2D eigenvalue weighted by Crippen LogP contribution is -2.08. The number of esters is 1. The molecule has 0 spiro atoms. The average Bonchev–Trinajstić information content (AvgIpc) is 2.50. The first-order chi connectivity index (χ1) is 10.2. The van der Waals surface area contributed by atoms with Crippen LogP contribution in [0.2, 0.25) is 0 Å². The van der Waals surface area contributed by atoms with Gasteiger partial charge < -0.3 is 4.74 Å². The van der Waals surface area contributed by atoms with Crippen molar-refractivity contribution in [3.05, 3.63) is 70.2 Å².